The van der Waals surface area contributed by atoms with E-state index < -0.39 is 0 Å². The lowest BCUT2D eigenvalue weighted by Crippen LogP contribution is -2.19. The number of nitrogens with zero attached hydrogens (tertiary/aromatic N) is 1. The van der Waals surface area contributed by atoms with Crippen molar-refractivity contribution in [3.63, 3.8) is 0 Å². The molecule has 0 fully saturated rings. The Kier molecular flexibility index (Phi) is 6.58. The van der Waals surface area contributed by atoms with Gasteiger partial charge in [0.2, 0.25) is 0 Å². The third-order valence-corrected chi connectivity index (χ3v) is 2.11. The Morgan fingerprint density at radius 1 is 1.56 bits per heavy atom. The summed E-state index contributed by atoms with van der Waals surface area (Å²) in [6.07, 6.45) is 2.08. The molecule has 3 heteroatoms. The second-order valence-electron chi connectivity index (χ2n) is 1.70. The third kappa shape index (κ3) is 4.75. The zero-order valence-corrected chi connectivity index (χ0v) is 7.20. The third-order valence-electron chi connectivity index (χ3n) is 1.16. The summed E-state index contributed by atoms with van der Waals surface area (Å²) in [5.74, 6) is 0. The maximum atomic E-state index is 4.92. The molecule has 0 aliphatic carbocycles. The molecule has 0 aromatic heterocycles. The van der Waals surface area contributed by atoms with Crippen molar-refractivity contribution >= 4 is 11.9 Å². The van der Waals surface area contributed by atoms with Crippen LogP contribution in [0.5, 0.6) is 0 Å². The van der Waals surface area contributed by atoms with Crippen LogP contribution >= 0.6 is 11.9 Å². The van der Waals surface area contributed by atoms with E-state index in [-0.39, 0.29) is 0 Å². The van der Waals surface area contributed by atoms with Crippen LogP contribution in [-0.4, -0.2) is 37.4 Å². The van der Waals surface area contributed by atoms with Gasteiger partial charge < -0.3 is 4.74 Å². The predicted octanol–water partition coefficient (Wildman–Crippen LogP) is 1.23. The summed E-state index contributed by atoms with van der Waals surface area (Å²) >= 11 is 1.76. The van der Waals surface area contributed by atoms with Crippen LogP contribution in [0, 0.1) is 0 Å². The maximum Gasteiger partial charge on any atom is 0.0599 e. The van der Waals surface area contributed by atoms with Gasteiger partial charge in [0.15, 0.2) is 0 Å². The summed E-state index contributed by atoms with van der Waals surface area (Å²) < 4.78 is 7.17. The molecule has 0 radical (unpaired) electrons. The van der Waals surface area contributed by atoms with Gasteiger partial charge in [0.25, 0.3) is 0 Å². The Labute approximate surface area is 61.7 Å². The normalized spacial score (nSPS) is 10.7. The molecule has 9 heavy (non-hydrogen) atoms. The van der Waals surface area contributed by atoms with Gasteiger partial charge in [-0.15, -0.1) is 0 Å². The Morgan fingerprint density at radius 3 is 2.56 bits per heavy atom. The number of hydrogen-bond acceptors (Lipinski definition) is 3. The first-order chi connectivity index (χ1) is 4.35. The van der Waals surface area contributed by atoms with Crippen LogP contribution in [0.15, 0.2) is 0 Å². The van der Waals surface area contributed by atoms with Crippen LogP contribution in [0.2, 0.25) is 0 Å². The Morgan fingerprint density at radius 2 is 2.22 bits per heavy atom. The summed E-state index contributed by atoms with van der Waals surface area (Å²) in [4.78, 5) is 0. The lowest BCUT2D eigenvalue weighted by Gasteiger charge is -2.15. The van der Waals surface area contributed by atoms with Crippen LogP contribution in [0.3, 0.4) is 0 Å². The van der Waals surface area contributed by atoms with E-state index in [1.54, 1.807) is 19.1 Å². The number of ether oxygens (including phenoxy) is 1. The molecule has 0 heterocycles. The van der Waals surface area contributed by atoms with Crippen molar-refractivity contribution in [2.45, 2.75) is 6.92 Å². The van der Waals surface area contributed by atoms with E-state index in [1.165, 1.54) is 0 Å². The van der Waals surface area contributed by atoms with Gasteiger partial charge in [-0.25, -0.2) is 4.31 Å². The standard InChI is InChI=1S/C6H15NOS/c1-4-7(9-3)5-6-8-2/h4-6H2,1-3H3. The van der Waals surface area contributed by atoms with Crippen LogP contribution < -0.4 is 0 Å². The number of rotatable bonds is 5. The van der Waals surface area contributed by atoms with Crippen molar-refractivity contribution in [1.29, 1.82) is 0 Å². The molecule has 56 valence electrons. The fourth-order valence-electron chi connectivity index (χ4n) is 0.572. The predicted molar refractivity (Wildman–Crippen MR) is 42.6 cm³/mol. The second-order valence-corrected chi connectivity index (χ2v) is 2.58. The summed E-state index contributed by atoms with van der Waals surface area (Å²) in [7, 11) is 1.73. The molecular weight excluding hydrogens is 134 g/mol. The van der Waals surface area contributed by atoms with Gasteiger partial charge in [-0.2, -0.15) is 0 Å². The molecule has 0 aliphatic rings. The molecule has 0 aliphatic heterocycles. The van der Waals surface area contributed by atoms with Crippen LogP contribution in [-0.2, 0) is 4.74 Å². The fraction of sp³-hybridized carbons (Fsp3) is 1.00. The van der Waals surface area contributed by atoms with Crippen molar-refractivity contribution in [3.05, 3.63) is 0 Å². The molecular formula is C6H15NOS. The largest absolute Gasteiger partial charge is 0.383 e. The molecule has 0 aromatic carbocycles. The summed E-state index contributed by atoms with van der Waals surface area (Å²) in [6.45, 7) is 5.08. The Bertz CT molecular complexity index is 57.0. The minimum atomic E-state index is 0.828. The van der Waals surface area contributed by atoms with Crippen LogP contribution in [0.25, 0.3) is 0 Å². The van der Waals surface area contributed by atoms with E-state index in [0.717, 1.165) is 19.7 Å². The smallest absolute Gasteiger partial charge is 0.0599 e. The highest BCUT2D eigenvalue weighted by Crippen LogP contribution is 2.01. The minimum absolute atomic E-state index is 0.828. The first kappa shape index (κ1) is 9.27. The highest BCUT2D eigenvalue weighted by Gasteiger charge is 1.96. The highest BCUT2D eigenvalue weighted by molar-refractivity contribution is 7.96. The van der Waals surface area contributed by atoms with Gasteiger partial charge in [-0.05, 0) is 6.26 Å². The number of likely N-dealkylation sites (N-methyl/N-ethyl adjacent to an activating group) is 1. The van der Waals surface area contributed by atoms with E-state index in [4.69, 9.17) is 4.74 Å². The van der Waals surface area contributed by atoms with E-state index in [9.17, 15) is 0 Å². The number of methoxy groups -OCH3 is 1. The molecule has 2 nitrogen and oxygen atoms in total. The average molecular weight is 149 g/mol. The SMILES string of the molecule is CCN(CCOC)SC. The molecule has 0 N–H and O–H groups in total. The maximum absolute atomic E-state index is 4.92. The summed E-state index contributed by atoms with van der Waals surface area (Å²) in [5, 5.41) is 0. The van der Waals surface area contributed by atoms with Crippen molar-refractivity contribution in [2.75, 3.05) is 33.1 Å². The second kappa shape index (κ2) is 6.39. The van der Waals surface area contributed by atoms with Crippen molar-refractivity contribution in [1.82, 2.24) is 4.31 Å². The summed E-state index contributed by atoms with van der Waals surface area (Å²) in [5.41, 5.74) is 0. The molecule has 0 atom stereocenters. The molecule has 0 aromatic rings. The quantitative estimate of drug-likeness (QED) is 0.546. The van der Waals surface area contributed by atoms with Crippen molar-refractivity contribution in [3.8, 4) is 0 Å². The molecule has 0 spiro atoms. The minimum Gasteiger partial charge on any atom is -0.383 e. The Hall–Kier alpha value is 0.270. The molecule has 0 saturated carbocycles. The first-order valence-electron chi connectivity index (χ1n) is 3.13. The highest BCUT2D eigenvalue weighted by atomic mass is 32.2. The van der Waals surface area contributed by atoms with E-state index >= 15 is 0 Å². The molecule has 0 rings (SSSR count). The van der Waals surface area contributed by atoms with Gasteiger partial charge in [-0.1, -0.05) is 18.9 Å². The lowest BCUT2D eigenvalue weighted by atomic mass is 10.6. The topological polar surface area (TPSA) is 12.5 Å². The zero-order chi connectivity index (χ0) is 7.11. The van der Waals surface area contributed by atoms with Crippen molar-refractivity contribution < 1.29 is 4.74 Å². The van der Waals surface area contributed by atoms with E-state index in [0.29, 0.717) is 0 Å². The molecule has 0 unspecified atom stereocenters. The Balaban J connectivity index is 3.09. The van der Waals surface area contributed by atoms with Gasteiger partial charge in [0.05, 0.1) is 6.61 Å². The first-order valence-corrected chi connectivity index (χ1v) is 4.31. The van der Waals surface area contributed by atoms with Gasteiger partial charge in [0, 0.05) is 20.2 Å². The summed E-state index contributed by atoms with van der Waals surface area (Å²) in [6, 6.07) is 0. The van der Waals surface area contributed by atoms with E-state index in [2.05, 4.69) is 17.5 Å². The van der Waals surface area contributed by atoms with Crippen LogP contribution in [0.4, 0.5) is 0 Å². The molecule has 0 amide bonds. The van der Waals surface area contributed by atoms with E-state index in [1.807, 2.05) is 0 Å². The molecule has 0 bridgehead atoms. The zero-order valence-electron chi connectivity index (χ0n) is 6.39. The van der Waals surface area contributed by atoms with Gasteiger partial charge >= 0.3 is 0 Å². The lowest BCUT2D eigenvalue weighted by molar-refractivity contribution is 0.184. The number of hydrogen-bond donors (Lipinski definition) is 0. The van der Waals surface area contributed by atoms with Gasteiger partial charge in [0.1, 0.15) is 0 Å². The van der Waals surface area contributed by atoms with Gasteiger partial charge in [-0.3, -0.25) is 0 Å². The fourth-order valence-corrected chi connectivity index (χ4v) is 1.09. The monoisotopic (exact) mass is 149 g/mol. The molecule has 0 saturated heterocycles. The van der Waals surface area contributed by atoms with Crippen LogP contribution in [0.1, 0.15) is 6.92 Å². The van der Waals surface area contributed by atoms with Crippen molar-refractivity contribution in [2.24, 2.45) is 0 Å². The average Bonchev–Trinajstić information content (AvgIpc) is 1.91.